The molecular weight excluding hydrogens is 333 g/mol. The van der Waals surface area contributed by atoms with Gasteiger partial charge in [0.2, 0.25) is 0 Å². The third-order valence-electron chi connectivity index (χ3n) is 4.02. The third kappa shape index (κ3) is 6.32. The number of halogens is 1. The lowest BCUT2D eigenvalue weighted by Crippen LogP contribution is -2.16. The van der Waals surface area contributed by atoms with Gasteiger partial charge in [-0.05, 0) is 44.9 Å². The molecule has 0 saturated carbocycles. The van der Waals surface area contributed by atoms with Crippen LogP contribution in [0.4, 0.5) is 4.39 Å². The van der Waals surface area contributed by atoms with Crippen LogP contribution in [0.5, 0.6) is 11.5 Å². The van der Waals surface area contributed by atoms with Crippen molar-refractivity contribution in [3.63, 3.8) is 0 Å². The molecule has 0 aliphatic rings. The van der Waals surface area contributed by atoms with Crippen LogP contribution in [-0.4, -0.2) is 24.9 Å². The minimum absolute atomic E-state index is 0.153. The van der Waals surface area contributed by atoms with E-state index in [4.69, 9.17) is 14.6 Å². The highest BCUT2D eigenvalue weighted by molar-refractivity contribution is 5.46. The second-order valence-corrected chi connectivity index (χ2v) is 6.02. The Morgan fingerprint density at radius 2 is 1.77 bits per heavy atom. The van der Waals surface area contributed by atoms with Gasteiger partial charge in [0.05, 0.1) is 6.61 Å². The standard InChI is InChI=1S/C21H28FNO3/c1-2-25-20-12-8-10-17(15-23-13-6-3-7-14-24)21(20)26-16-18-9-4-5-11-19(18)22/h4-5,8-12,23-24H,2-3,6-7,13-16H2,1H3. The van der Waals surface area contributed by atoms with Gasteiger partial charge in [-0.3, -0.25) is 0 Å². The molecule has 2 aromatic rings. The molecule has 0 bridgehead atoms. The Bertz CT molecular complexity index is 663. The van der Waals surface area contributed by atoms with Crippen molar-refractivity contribution in [2.75, 3.05) is 19.8 Å². The maximum atomic E-state index is 13.9. The van der Waals surface area contributed by atoms with E-state index in [1.54, 1.807) is 18.2 Å². The molecule has 0 radical (unpaired) electrons. The molecule has 2 rings (SSSR count). The van der Waals surface area contributed by atoms with Crippen LogP contribution >= 0.6 is 0 Å². The van der Waals surface area contributed by atoms with Crippen LogP contribution in [0.25, 0.3) is 0 Å². The highest BCUT2D eigenvalue weighted by Gasteiger charge is 2.12. The van der Waals surface area contributed by atoms with Crippen LogP contribution in [0.3, 0.4) is 0 Å². The van der Waals surface area contributed by atoms with Crippen molar-refractivity contribution in [3.05, 3.63) is 59.4 Å². The second kappa shape index (κ2) is 11.5. The Kier molecular flexibility index (Phi) is 8.93. The molecule has 0 heterocycles. The molecule has 142 valence electrons. The molecule has 0 atom stereocenters. The predicted molar refractivity (Wildman–Crippen MR) is 101 cm³/mol. The fourth-order valence-electron chi connectivity index (χ4n) is 2.66. The minimum atomic E-state index is -0.273. The van der Waals surface area contributed by atoms with Crippen LogP contribution in [0, 0.1) is 5.82 Å². The number of benzene rings is 2. The molecule has 0 aromatic heterocycles. The topological polar surface area (TPSA) is 50.7 Å². The van der Waals surface area contributed by atoms with Crippen LogP contribution in [0.15, 0.2) is 42.5 Å². The number of aliphatic hydroxyl groups is 1. The first-order valence-corrected chi connectivity index (χ1v) is 9.18. The van der Waals surface area contributed by atoms with Gasteiger partial charge >= 0.3 is 0 Å². The van der Waals surface area contributed by atoms with Gasteiger partial charge in [-0.2, -0.15) is 0 Å². The van der Waals surface area contributed by atoms with Crippen molar-refractivity contribution < 1.29 is 19.0 Å². The van der Waals surface area contributed by atoms with Crippen LogP contribution in [-0.2, 0) is 13.2 Å². The average molecular weight is 361 g/mol. The summed E-state index contributed by atoms with van der Waals surface area (Å²) >= 11 is 0. The predicted octanol–water partition coefficient (Wildman–Crippen LogP) is 4.06. The molecule has 5 heteroatoms. The highest BCUT2D eigenvalue weighted by Crippen LogP contribution is 2.32. The third-order valence-corrected chi connectivity index (χ3v) is 4.02. The summed E-state index contributed by atoms with van der Waals surface area (Å²) in [6.45, 7) is 4.36. The molecular formula is C21H28FNO3. The molecule has 0 fully saturated rings. The average Bonchev–Trinajstić information content (AvgIpc) is 2.65. The number of rotatable bonds is 12. The summed E-state index contributed by atoms with van der Waals surface area (Å²) < 4.78 is 25.5. The quantitative estimate of drug-likeness (QED) is 0.560. The molecule has 26 heavy (non-hydrogen) atoms. The summed E-state index contributed by atoms with van der Waals surface area (Å²) in [7, 11) is 0. The van der Waals surface area contributed by atoms with Crippen molar-refractivity contribution in [2.45, 2.75) is 39.3 Å². The van der Waals surface area contributed by atoms with Crippen molar-refractivity contribution in [1.29, 1.82) is 0 Å². The lowest BCUT2D eigenvalue weighted by Gasteiger charge is -2.17. The Balaban J connectivity index is 2.02. The van der Waals surface area contributed by atoms with Gasteiger partial charge in [-0.1, -0.05) is 30.3 Å². The highest BCUT2D eigenvalue weighted by atomic mass is 19.1. The maximum Gasteiger partial charge on any atom is 0.166 e. The number of para-hydroxylation sites is 1. The van der Waals surface area contributed by atoms with Crippen molar-refractivity contribution in [2.24, 2.45) is 0 Å². The van der Waals surface area contributed by atoms with Gasteiger partial charge in [0.25, 0.3) is 0 Å². The Labute approximate surface area is 155 Å². The zero-order valence-electron chi connectivity index (χ0n) is 15.3. The first-order chi connectivity index (χ1) is 12.8. The van der Waals surface area contributed by atoms with E-state index in [2.05, 4.69) is 5.32 Å². The van der Waals surface area contributed by atoms with Gasteiger partial charge in [0.1, 0.15) is 12.4 Å². The summed E-state index contributed by atoms with van der Waals surface area (Å²) in [5, 5.41) is 12.2. The Hall–Kier alpha value is -2.11. The van der Waals surface area contributed by atoms with E-state index in [0.29, 0.717) is 30.2 Å². The summed E-state index contributed by atoms with van der Waals surface area (Å²) in [5.41, 5.74) is 1.50. The number of unbranched alkanes of at least 4 members (excludes halogenated alkanes) is 2. The number of hydrogen-bond acceptors (Lipinski definition) is 4. The van der Waals surface area contributed by atoms with E-state index in [-0.39, 0.29) is 19.0 Å². The molecule has 0 aliphatic carbocycles. The zero-order chi connectivity index (χ0) is 18.6. The van der Waals surface area contributed by atoms with E-state index in [9.17, 15) is 4.39 Å². The largest absolute Gasteiger partial charge is 0.490 e. The smallest absolute Gasteiger partial charge is 0.166 e. The minimum Gasteiger partial charge on any atom is -0.490 e. The summed E-state index contributed by atoms with van der Waals surface area (Å²) in [4.78, 5) is 0. The SMILES string of the molecule is CCOc1cccc(CNCCCCCO)c1OCc1ccccc1F. The number of nitrogens with one attached hydrogen (secondary N) is 1. The molecule has 0 amide bonds. The zero-order valence-corrected chi connectivity index (χ0v) is 15.3. The van der Waals surface area contributed by atoms with E-state index in [1.807, 2.05) is 25.1 Å². The monoisotopic (exact) mass is 361 g/mol. The Morgan fingerprint density at radius 1 is 0.962 bits per heavy atom. The van der Waals surface area contributed by atoms with Crippen molar-refractivity contribution in [3.8, 4) is 11.5 Å². The van der Waals surface area contributed by atoms with E-state index < -0.39 is 0 Å². The molecule has 0 saturated heterocycles. The van der Waals surface area contributed by atoms with E-state index >= 15 is 0 Å². The van der Waals surface area contributed by atoms with Gasteiger partial charge in [-0.15, -0.1) is 0 Å². The van der Waals surface area contributed by atoms with Crippen LogP contribution in [0.1, 0.15) is 37.3 Å². The lowest BCUT2D eigenvalue weighted by molar-refractivity contribution is 0.262. The van der Waals surface area contributed by atoms with Gasteiger partial charge in [0, 0.05) is 24.3 Å². The first-order valence-electron chi connectivity index (χ1n) is 9.18. The van der Waals surface area contributed by atoms with Crippen LogP contribution in [0.2, 0.25) is 0 Å². The summed E-state index contributed by atoms with van der Waals surface area (Å²) in [6.07, 6.45) is 2.84. The van der Waals surface area contributed by atoms with Gasteiger partial charge < -0.3 is 19.9 Å². The fraction of sp³-hybridized carbons (Fsp3) is 0.429. The molecule has 0 spiro atoms. The van der Waals surface area contributed by atoms with Gasteiger partial charge in [0.15, 0.2) is 11.5 Å². The molecule has 2 N–H and O–H groups in total. The molecule has 0 aliphatic heterocycles. The van der Waals surface area contributed by atoms with Crippen LogP contribution < -0.4 is 14.8 Å². The second-order valence-electron chi connectivity index (χ2n) is 6.02. The first kappa shape index (κ1) is 20.2. The number of aliphatic hydroxyl groups excluding tert-OH is 1. The fourth-order valence-corrected chi connectivity index (χ4v) is 2.66. The Morgan fingerprint density at radius 3 is 2.54 bits per heavy atom. The van der Waals surface area contributed by atoms with Crippen molar-refractivity contribution in [1.82, 2.24) is 5.32 Å². The molecule has 2 aromatic carbocycles. The van der Waals surface area contributed by atoms with E-state index in [1.165, 1.54) is 6.07 Å². The van der Waals surface area contributed by atoms with Gasteiger partial charge in [-0.25, -0.2) is 4.39 Å². The van der Waals surface area contributed by atoms with Crippen molar-refractivity contribution >= 4 is 0 Å². The summed E-state index contributed by atoms with van der Waals surface area (Å²) in [6, 6.07) is 12.4. The lowest BCUT2D eigenvalue weighted by atomic mass is 10.1. The molecule has 4 nitrogen and oxygen atoms in total. The number of ether oxygens (including phenoxy) is 2. The normalized spacial score (nSPS) is 10.7. The van der Waals surface area contributed by atoms with E-state index in [0.717, 1.165) is 31.4 Å². The maximum absolute atomic E-state index is 13.9. The number of hydrogen-bond donors (Lipinski definition) is 2. The molecule has 0 unspecified atom stereocenters. The summed E-state index contributed by atoms with van der Waals surface area (Å²) in [5.74, 6) is 1.05.